The van der Waals surface area contributed by atoms with Crippen LogP contribution in [0.3, 0.4) is 0 Å². The molecule has 0 aromatic heterocycles. The van der Waals surface area contributed by atoms with Crippen LogP contribution in [-0.2, 0) is 0 Å². The summed E-state index contributed by atoms with van der Waals surface area (Å²) >= 11 is 5.85. The van der Waals surface area contributed by atoms with Gasteiger partial charge in [-0.1, -0.05) is 11.6 Å². The Kier molecular flexibility index (Phi) is 3.54. The summed E-state index contributed by atoms with van der Waals surface area (Å²) in [4.78, 5) is 13.3. The first-order valence-electron chi connectivity index (χ1n) is 5.64. The number of hydrogen-bond donors (Lipinski definition) is 1. The summed E-state index contributed by atoms with van der Waals surface area (Å²) in [6.07, 6.45) is -0.330. The molecule has 19 heavy (non-hydrogen) atoms. The largest absolute Gasteiger partial charge is 0.496 e. The fraction of sp³-hybridized carbons (Fsp3) is 0.417. The molecule has 0 atom stereocenters. The van der Waals surface area contributed by atoms with E-state index in [2.05, 4.69) is 0 Å². The highest BCUT2D eigenvalue weighted by Crippen LogP contribution is 2.33. The van der Waals surface area contributed by atoms with Gasteiger partial charge in [-0.05, 0) is 6.07 Å². The number of alkyl halides is 2. The highest BCUT2D eigenvalue weighted by atomic mass is 35.5. The van der Waals surface area contributed by atoms with E-state index >= 15 is 0 Å². The van der Waals surface area contributed by atoms with E-state index < -0.39 is 18.4 Å². The quantitative estimate of drug-likeness (QED) is 0.851. The minimum Gasteiger partial charge on any atom is -0.496 e. The van der Waals surface area contributed by atoms with Gasteiger partial charge in [0.2, 0.25) is 0 Å². The lowest BCUT2D eigenvalue weighted by molar-refractivity contribution is 0.0119. The maximum Gasteiger partial charge on any atom is 0.267 e. The number of methoxy groups -OCH3 is 1. The molecule has 1 aromatic carbocycles. The first-order valence-corrected chi connectivity index (χ1v) is 6.02. The van der Waals surface area contributed by atoms with Gasteiger partial charge in [0.25, 0.3) is 11.8 Å². The van der Waals surface area contributed by atoms with Crippen molar-refractivity contribution in [3.8, 4) is 5.75 Å². The lowest BCUT2D eigenvalue weighted by Gasteiger charge is -2.18. The second-order valence-electron chi connectivity index (χ2n) is 4.41. The first kappa shape index (κ1) is 13.9. The molecule has 0 saturated carbocycles. The van der Waals surface area contributed by atoms with Gasteiger partial charge in [0.15, 0.2) is 0 Å². The third kappa shape index (κ3) is 2.73. The highest BCUT2D eigenvalue weighted by Gasteiger charge is 2.41. The highest BCUT2D eigenvalue weighted by molar-refractivity contribution is 6.33. The topological polar surface area (TPSA) is 55.6 Å². The zero-order valence-electron chi connectivity index (χ0n) is 10.3. The summed E-state index contributed by atoms with van der Waals surface area (Å²) < 4.78 is 31.3. The zero-order chi connectivity index (χ0) is 14.2. The minimum absolute atomic E-state index is 0.0109. The van der Waals surface area contributed by atoms with Crippen molar-refractivity contribution >= 4 is 23.2 Å². The van der Waals surface area contributed by atoms with Crippen molar-refractivity contribution in [1.29, 1.82) is 0 Å². The number of amides is 1. The van der Waals surface area contributed by atoms with E-state index in [0.29, 0.717) is 0 Å². The number of halogens is 3. The molecule has 1 heterocycles. The normalized spacial score (nSPS) is 17.6. The number of ether oxygens (including phenoxy) is 1. The van der Waals surface area contributed by atoms with Gasteiger partial charge in [0, 0.05) is 19.0 Å². The standard InChI is InChI=1S/C12H13ClF2N2O2/c1-19-10-5-9(16)8(13)4-7(10)11(18)17-3-2-12(14,15)6-17/h4-5H,2-3,6,16H2,1H3. The molecule has 7 heteroatoms. The Morgan fingerprint density at radius 2 is 2.21 bits per heavy atom. The molecule has 104 valence electrons. The maximum atomic E-state index is 13.1. The summed E-state index contributed by atoms with van der Waals surface area (Å²) in [6, 6.07) is 2.75. The van der Waals surface area contributed by atoms with E-state index in [4.69, 9.17) is 22.1 Å². The average Bonchev–Trinajstić information content (AvgIpc) is 2.71. The van der Waals surface area contributed by atoms with Gasteiger partial charge in [-0.25, -0.2) is 8.78 Å². The van der Waals surface area contributed by atoms with Crippen LogP contribution in [0.2, 0.25) is 5.02 Å². The summed E-state index contributed by atoms with van der Waals surface area (Å²) in [6.45, 7) is -0.575. The Morgan fingerprint density at radius 1 is 1.53 bits per heavy atom. The lowest BCUT2D eigenvalue weighted by Crippen LogP contribution is -2.31. The van der Waals surface area contributed by atoms with Gasteiger partial charge in [-0.15, -0.1) is 0 Å². The van der Waals surface area contributed by atoms with Crippen molar-refractivity contribution in [3.05, 3.63) is 22.7 Å². The lowest BCUT2D eigenvalue weighted by atomic mass is 10.1. The molecule has 1 fully saturated rings. The molecule has 1 aliphatic heterocycles. The Labute approximate surface area is 114 Å². The SMILES string of the molecule is COc1cc(N)c(Cl)cc1C(=O)N1CCC(F)(F)C1. The number of rotatable bonds is 2. The smallest absolute Gasteiger partial charge is 0.267 e. The fourth-order valence-corrected chi connectivity index (χ4v) is 2.15. The predicted octanol–water partition coefficient (Wildman–Crippen LogP) is 2.41. The van der Waals surface area contributed by atoms with E-state index in [1.54, 1.807) is 0 Å². The first-order chi connectivity index (χ1) is 8.84. The number of nitrogens with zero attached hydrogens (tertiary/aromatic N) is 1. The Hall–Kier alpha value is -1.56. The summed E-state index contributed by atoms with van der Waals surface area (Å²) in [5, 5.41) is 0.190. The number of nitrogen functional groups attached to an aromatic ring is 1. The number of likely N-dealkylation sites (tertiary alicyclic amines) is 1. The van der Waals surface area contributed by atoms with Crippen LogP contribution < -0.4 is 10.5 Å². The van der Waals surface area contributed by atoms with Crippen molar-refractivity contribution in [3.63, 3.8) is 0 Å². The van der Waals surface area contributed by atoms with E-state index in [9.17, 15) is 13.6 Å². The van der Waals surface area contributed by atoms with Crippen LogP contribution >= 0.6 is 11.6 Å². The summed E-state index contributed by atoms with van der Waals surface area (Å²) in [7, 11) is 1.37. The second kappa shape index (κ2) is 4.85. The van der Waals surface area contributed by atoms with E-state index in [1.165, 1.54) is 19.2 Å². The number of hydrogen-bond acceptors (Lipinski definition) is 3. The molecule has 0 aliphatic carbocycles. The van der Waals surface area contributed by atoms with Crippen molar-refractivity contribution in [2.75, 3.05) is 25.9 Å². The van der Waals surface area contributed by atoms with Crippen molar-refractivity contribution in [1.82, 2.24) is 4.90 Å². The summed E-state index contributed by atoms with van der Waals surface area (Å²) in [5.74, 6) is -3.14. The zero-order valence-corrected chi connectivity index (χ0v) is 11.0. The number of nitrogens with two attached hydrogens (primary N) is 1. The van der Waals surface area contributed by atoms with Crippen molar-refractivity contribution < 1.29 is 18.3 Å². The molecule has 1 amide bonds. The van der Waals surface area contributed by atoms with Gasteiger partial charge in [0.05, 0.1) is 29.9 Å². The van der Waals surface area contributed by atoms with Crippen molar-refractivity contribution in [2.24, 2.45) is 0 Å². The molecule has 1 aromatic rings. The van der Waals surface area contributed by atoms with E-state index in [0.717, 1.165) is 4.90 Å². The average molecular weight is 291 g/mol. The molecule has 0 unspecified atom stereocenters. The molecular weight excluding hydrogens is 278 g/mol. The van der Waals surface area contributed by atoms with Crippen LogP contribution in [0.15, 0.2) is 12.1 Å². The van der Waals surface area contributed by atoms with Crippen LogP contribution in [0.5, 0.6) is 5.75 Å². The molecule has 2 rings (SSSR count). The number of anilines is 1. The monoisotopic (exact) mass is 290 g/mol. The molecule has 1 aliphatic rings. The van der Waals surface area contributed by atoms with Crippen molar-refractivity contribution in [2.45, 2.75) is 12.3 Å². The molecule has 0 spiro atoms. The Morgan fingerprint density at radius 3 is 2.74 bits per heavy atom. The Balaban J connectivity index is 2.31. The molecule has 0 bridgehead atoms. The van der Waals surface area contributed by atoms with Crippen LogP contribution in [0.4, 0.5) is 14.5 Å². The fourth-order valence-electron chi connectivity index (χ4n) is 1.98. The molecule has 4 nitrogen and oxygen atoms in total. The molecular formula is C12H13ClF2N2O2. The second-order valence-corrected chi connectivity index (χ2v) is 4.81. The van der Waals surface area contributed by atoms with Gasteiger partial charge < -0.3 is 15.4 Å². The minimum atomic E-state index is -2.83. The Bertz CT molecular complexity index is 523. The number of carbonyl (C=O) groups is 1. The van der Waals surface area contributed by atoms with Gasteiger partial charge in [0.1, 0.15) is 5.75 Å². The van der Waals surface area contributed by atoms with Crippen LogP contribution in [-0.4, -0.2) is 36.9 Å². The molecule has 0 radical (unpaired) electrons. The van der Waals surface area contributed by atoms with Crippen LogP contribution in [0.25, 0.3) is 0 Å². The number of benzene rings is 1. The maximum absolute atomic E-state index is 13.1. The summed E-state index contributed by atoms with van der Waals surface area (Å²) in [5.41, 5.74) is 6.01. The molecule has 2 N–H and O–H groups in total. The van der Waals surface area contributed by atoms with Crippen LogP contribution in [0, 0.1) is 0 Å². The van der Waals surface area contributed by atoms with E-state index in [1.807, 2.05) is 0 Å². The van der Waals surface area contributed by atoms with Crippen LogP contribution in [0.1, 0.15) is 16.8 Å². The number of carbonyl (C=O) groups excluding carboxylic acids is 1. The van der Waals surface area contributed by atoms with Gasteiger partial charge >= 0.3 is 0 Å². The molecule has 1 saturated heterocycles. The van der Waals surface area contributed by atoms with Gasteiger partial charge in [-0.2, -0.15) is 0 Å². The third-order valence-electron chi connectivity index (χ3n) is 3.01. The van der Waals surface area contributed by atoms with Gasteiger partial charge in [-0.3, -0.25) is 4.79 Å². The third-order valence-corrected chi connectivity index (χ3v) is 3.33. The predicted molar refractivity (Wildman–Crippen MR) is 67.9 cm³/mol. The van der Waals surface area contributed by atoms with E-state index in [-0.39, 0.29) is 35.0 Å².